The monoisotopic (exact) mass is 702 g/mol. The Labute approximate surface area is 285 Å². The molecule has 3 saturated heterocycles. The van der Waals surface area contributed by atoms with E-state index in [9.17, 15) is 24.6 Å². The molecule has 0 amide bonds. The summed E-state index contributed by atoms with van der Waals surface area (Å²) in [7, 11) is 2.78. The minimum absolute atomic E-state index is 0.00193. The lowest BCUT2D eigenvalue weighted by molar-refractivity contribution is -0.364. The van der Waals surface area contributed by atoms with Gasteiger partial charge >= 0.3 is 17.9 Å². The first-order chi connectivity index (χ1) is 24.1. The van der Waals surface area contributed by atoms with Gasteiger partial charge in [0, 0.05) is 24.7 Å². The van der Waals surface area contributed by atoms with Crippen LogP contribution in [0.25, 0.3) is 0 Å². The lowest BCUT2D eigenvalue weighted by Gasteiger charge is -2.47. The second-order valence-corrected chi connectivity index (χ2v) is 12.7. The minimum Gasteiger partial charge on any atom is -0.493 e. The van der Waals surface area contributed by atoms with Crippen LogP contribution in [0.5, 0.6) is 28.7 Å². The molecule has 3 N–H and O–H groups in total. The van der Waals surface area contributed by atoms with Crippen molar-refractivity contribution in [3.05, 3.63) is 41.0 Å². The zero-order valence-corrected chi connectivity index (χ0v) is 27.5. The number of aliphatic hydroxyl groups is 2. The van der Waals surface area contributed by atoms with Gasteiger partial charge in [0.15, 0.2) is 35.6 Å². The van der Waals surface area contributed by atoms with Crippen molar-refractivity contribution in [3.63, 3.8) is 0 Å². The van der Waals surface area contributed by atoms with E-state index in [-0.39, 0.29) is 56.5 Å². The Kier molecular flexibility index (Phi) is 9.49. The standard InChI is InChI=1S/C34H38O16/c1-14-43-12-23-32(47-14)28(38)29(39)34(48-23)50-30-17-10-20-19(45-13-46-20)9-16(17)26(27-18(30)11-44-33(27)40)15-7-21(41-2)31(22(8-15)42-3)49-25(37)6-4-5-24(35)36/h7-10,14,18,23,26-30,32,34,38-39H,4-6,11-13H2,1-3H3,(H,35,36)/t14-,18-,23?,26+,27-,28-,29-,30-,32?,34+/m0/s1. The van der Waals surface area contributed by atoms with Crippen LogP contribution in [0.1, 0.15) is 54.9 Å². The molecular formula is C34H38O16. The molecule has 50 heavy (non-hydrogen) atoms. The summed E-state index contributed by atoms with van der Waals surface area (Å²) in [5.41, 5.74) is 1.81. The number of benzene rings is 2. The molecule has 3 fully saturated rings. The number of cyclic esters (lactones) is 1. The Balaban J connectivity index is 1.26. The van der Waals surface area contributed by atoms with Gasteiger partial charge in [0.2, 0.25) is 12.5 Å². The Morgan fingerprint density at radius 2 is 1.60 bits per heavy atom. The molecule has 0 spiro atoms. The van der Waals surface area contributed by atoms with Crippen LogP contribution >= 0.6 is 0 Å². The molecule has 0 aromatic heterocycles. The summed E-state index contributed by atoms with van der Waals surface area (Å²) in [6.45, 7) is 1.77. The number of hydrogen-bond donors (Lipinski definition) is 3. The van der Waals surface area contributed by atoms with Crippen LogP contribution in [0.3, 0.4) is 0 Å². The zero-order valence-electron chi connectivity index (χ0n) is 27.5. The summed E-state index contributed by atoms with van der Waals surface area (Å²) in [5.74, 6) is -3.08. The maximum Gasteiger partial charge on any atom is 0.311 e. The SMILES string of the molecule is COc1cc([C@@H]2c3cc4c(cc3[C@H](O[C@H]3OC5CO[C@H](C)OC5[C@@H](O)[C@@H]3O)[C@H]3COC(=O)[C@H]23)OCO4)cc(OC)c1OC(=O)CCCC(=O)O. The number of carboxylic acid groups (broad SMARTS) is 1. The van der Waals surface area contributed by atoms with Gasteiger partial charge < -0.3 is 62.7 Å². The van der Waals surface area contributed by atoms with Gasteiger partial charge in [-0.05, 0) is 54.3 Å². The highest BCUT2D eigenvalue weighted by Gasteiger charge is 2.56. The summed E-state index contributed by atoms with van der Waals surface area (Å²) in [6, 6.07) is 6.81. The molecule has 2 aromatic carbocycles. The lowest BCUT2D eigenvalue weighted by Crippen LogP contribution is -2.63. The average Bonchev–Trinajstić information content (AvgIpc) is 3.72. The summed E-state index contributed by atoms with van der Waals surface area (Å²) in [6.07, 6.45) is -7.38. The molecule has 7 rings (SSSR count). The Hall–Kier alpha value is -4.19. The molecule has 1 aliphatic carbocycles. The van der Waals surface area contributed by atoms with Crippen molar-refractivity contribution < 1.29 is 77.1 Å². The zero-order chi connectivity index (χ0) is 35.3. The van der Waals surface area contributed by atoms with Gasteiger partial charge in [0.1, 0.15) is 24.4 Å². The van der Waals surface area contributed by atoms with E-state index in [2.05, 4.69) is 0 Å². The molecule has 16 nitrogen and oxygen atoms in total. The van der Waals surface area contributed by atoms with E-state index in [0.717, 1.165) is 0 Å². The third-order valence-electron chi connectivity index (χ3n) is 9.71. The molecule has 0 radical (unpaired) electrons. The van der Waals surface area contributed by atoms with Gasteiger partial charge in [0.05, 0.1) is 39.5 Å². The Morgan fingerprint density at radius 1 is 0.900 bits per heavy atom. The maximum absolute atomic E-state index is 13.6. The van der Waals surface area contributed by atoms with Crippen LogP contribution < -0.4 is 23.7 Å². The molecule has 4 heterocycles. The Morgan fingerprint density at radius 3 is 2.28 bits per heavy atom. The molecular weight excluding hydrogens is 664 g/mol. The highest BCUT2D eigenvalue weighted by Crippen LogP contribution is 2.57. The van der Waals surface area contributed by atoms with Gasteiger partial charge in [-0.3, -0.25) is 14.4 Å². The molecule has 2 unspecified atom stereocenters. The van der Waals surface area contributed by atoms with E-state index in [1.807, 2.05) is 0 Å². The minimum atomic E-state index is -1.49. The van der Waals surface area contributed by atoms with Crippen molar-refractivity contribution >= 4 is 17.9 Å². The highest BCUT2D eigenvalue weighted by molar-refractivity contribution is 5.79. The van der Waals surface area contributed by atoms with Gasteiger partial charge in [0.25, 0.3) is 0 Å². The number of methoxy groups -OCH3 is 2. The maximum atomic E-state index is 13.6. The number of carbonyl (C=O) groups excluding carboxylic acids is 2. The number of hydrogen-bond acceptors (Lipinski definition) is 15. The first kappa shape index (κ1) is 34.3. The predicted molar refractivity (Wildman–Crippen MR) is 164 cm³/mol. The van der Waals surface area contributed by atoms with Crippen LogP contribution in [0.4, 0.5) is 0 Å². The molecule has 5 aliphatic rings. The molecule has 0 saturated carbocycles. The first-order valence-corrected chi connectivity index (χ1v) is 16.3. The van der Waals surface area contributed by atoms with E-state index < -0.39 is 78.8 Å². The molecule has 0 bridgehead atoms. The topological polar surface area (TPSA) is 204 Å². The second kappa shape index (κ2) is 13.8. The van der Waals surface area contributed by atoms with Crippen molar-refractivity contribution in [2.24, 2.45) is 11.8 Å². The molecule has 2 aromatic rings. The summed E-state index contributed by atoms with van der Waals surface area (Å²) >= 11 is 0. The number of fused-ring (bicyclic) bond motifs is 4. The van der Waals surface area contributed by atoms with Gasteiger partial charge in [-0.25, -0.2) is 0 Å². The smallest absolute Gasteiger partial charge is 0.311 e. The van der Waals surface area contributed by atoms with E-state index in [1.54, 1.807) is 31.2 Å². The third-order valence-corrected chi connectivity index (χ3v) is 9.71. The predicted octanol–water partition coefficient (Wildman–Crippen LogP) is 1.79. The van der Waals surface area contributed by atoms with E-state index in [0.29, 0.717) is 28.2 Å². The number of aliphatic carboxylic acids is 1. The number of ether oxygens (including phenoxy) is 10. The van der Waals surface area contributed by atoms with Crippen LogP contribution in [0.15, 0.2) is 24.3 Å². The van der Waals surface area contributed by atoms with E-state index in [1.165, 1.54) is 14.2 Å². The molecule has 10 atom stereocenters. The van der Waals surface area contributed by atoms with Crippen molar-refractivity contribution in [1.29, 1.82) is 0 Å². The third kappa shape index (κ3) is 6.20. The van der Waals surface area contributed by atoms with Crippen LogP contribution in [-0.4, -0.2) is 104 Å². The van der Waals surface area contributed by atoms with Crippen molar-refractivity contribution in [2.45, 2.75) is 75.2 Å². The number of carboxylic acids is 1. The molecule has 270 valence electrons. The normalized spacial score (nSPS) is 32.3. The van der Waals surface area contributed by atoms with E-state index in [4.69, 9.17) is 52.5 Å². The fraction of sp³-hybridized carbons (Fsp3) is 0.559. The van der Waals surface area contributed by atoms with Crippen LogP contribution in [0, 0.1) is 11.8 Å². The summed E-state index contributed by atoms with van der Waals surface area (Å²) in [5, 5.41) is 31.1. The van der Waals surface area contributed by atoms with Crippen molar-refractivity contribution in [3.8, 4) is 28.7 Å². The first-order valence-electron chi connectivity index (χ1n) is 16.3. The number of rotatable bonds is 10. The largest absolute Gasteiger partial charge is 0.493 e. The van der Waals surface area contributed by atoms with Gasteiger partial charge in [-0.2, -0.15) is 0 Å². The lowest BCUT2D eigenvalue weighted by atomic mass is 9.66. The van der Waals surface area contributed by atoms with E-state index >= 15 is 0 Å². The van der Waals surface area contributed by atoms with Gasteiger partial charge in [-0.1, -0.05) is 0 Å². The van der Waals surface area contributed by atoms with Gasteiger partial charge in [-0.15, -0.1) is 0 Å². The van der Waals surface area contributed by atoms with Crippen LogP contribution in [0.2, 0.25) is 0 Å². The summed E-state index contributed by atoms with van der Waals surface area (Å²) < 4.78 is 57.8. The second-order valence-electron chi connectivity index (χ2n) is 12.7. The quantitative estimate of drug-likeness (QED) is 0.239. The number of esters is 2. The molecule has 16 heteroatoms. The fourth-order valence-corrected chi connectivity index (χ4v) is 7.37. The Bertz CT molecular complexity index is 1620. The molecule has 4 aliphatic heterocycles. The van der Waals surface area contributed by atoms with Crippen molar-refractivity contribution in [1.82, 2.24) is 0 Å². The number of carbonyl (C=O) groups is 3. The summed E-state index contributed by atoms with van der Waals surface area (Å²) in [4.78, 5) is 37.2. The number of aliphatic hydroxyl groups excluding tert-OH is 2. The van der Waals surface area contributed by atoms with Crippen LogP contribution in [-0.2, 0) is 38.1 Å². The average molecular weight is 703 g/mol. The van der Waals surface area contributed by atoms with Crippen molar-refractivity contribution in [2.75, 3.05) is 34.2 Å². The fourth-order valence-electron chi connectivity index (χ4n) is 7.37. The highest BCUT2D eigenvalue weighted by atomic mass is 16.8.